The minimum atomic E-state index is 0.389. The summed E-state index contributed by atoms with van der Waals surface area (Å²) in [6, 6.07) is 6.14. The van der Waals surface area contributed by atoms with E-state index in [4.69, 9.17) is 22.7 Å². The lowest BCUT2D eigenvalue weighted by Gasteiger charge is -2.24. The first-order valence-electron chi connectivity index (χ1n) is 7.40. The summed E-state index contributed by atoms with van der Waals surface area (Å²) in [7, 11) is 1.66. The van der Waals surface area contributed by atoms with Crippen LogP contribution in [0.1, 0.15) is 43.2 Å². The molecule has 3 nitrogen and oxygen atoms in total. The van der Waals surface area contributed by atoms with Crippen molar-refractivity contribution < 1.29 is 4.74 Å². The molecule has 1 aliphatic rings. The lowest BCUT2D eigenvalue weighted by molar-refractivity contribution is 0.239. The fourth-order valence-electron chi connectivity index (χ4n) is 2.77. The summed E-state index contributed by atoms with van der Waals surface area (Å²) in [6.45, 7) is 3.37. The molecule has 4 heteroatoms. The van der Waals surface area contributed by atoms with E-state index in [2.05, 4.69) is 17.0 Å². The zero-order valence-corrected chi connectivity index (χ0v) is 13.0. The van der Waals surface area contributed by atoms with E-state index in [1.807, 2.05) is 6.07 Å². The van der Waals surface area contributed by atoms with Crippen LogP contribution in [0, 0.1) is 0 Å². The number of likely N-dealkylation sites (tertiary alicyclic amines) is 1. The fourth-order valence-corrected chi connectivity index (χ4v) is 2.94. The van der Waals surface area contributed by atoms with E-state index in [1.54, 1.807) is 7.11 Å². The summed E-state index contributed by atoms with van der Waals surface area (Å²) in [6.07, 6.45) is 6.73. The zero-order chi connectivity index (χ0) is 14.4. The van der Waals surface area contributed by atoms with Gasteiger partial charge in [0, 0.05) is 6.54 Å². The highest BCUT2D eigenvalue weighted by Gasteiger charge is 2.11. The van der Waals surface area contributed by atoms with Gasteiger partial charge in [-0.15, -0.1) is 0 Å². The molecule has 0 radical (unpaired) electrons. The number of nitrogens with two attached hydrogens (primary N) is 1. The van der Waals surface area contributed by atoms with Gasteiger partial charge < -0.3 is 10.5 Å². The van der Waals surface area contributed by atoms with Crippen LogP contribution in [0.5, 0.6) is 5.75 Å². The second-order valence-corrected chi connectivity index (χ2v) is 5.88. The van der Waals surface area contributed by atoms with Gasteiger partial charge in [-0.1, -0.05) is 37.5 Å². The van der Waals surface area contributed by atoms with Crippen molar-refractivity contribution in [3.63, 3.8) is 0 Å². The van der Waals surface area contributed by atoms with Gasteiger partial charge in [0.05, 0.1) is 12.7 Å². The van der Waals surface area contributed by atoms with Crippen LogP contribution < -0.4 is 10.5 Å². The quantitative estimate of drug-likeness (QED) is 0.866. The molecule has 2 rings (SSSR count). The molecule has 2 N–H and O–H groups in total. The van der Waals surface area contributed by atoms with E-state index in [0.717, 1.165) is 17.9 Å². The molecule has 0 saturated carbocycles. The molecule has 20 heavy (non-hydrogen) atoms. The molecule has 1 heterocycles. The number of nitrogens with zero attached hydrogens (tertiary/aromatic N) is 1. The van der Waals surface area contributed by atoms with Crippen LogP contribution in [-0.4, -0.2) is 30.1 Å². The largest absolute Gasteiger partial charge is 0.496 e. The number of rotatable bonds is 4. The normalized spacial score (nSPS) is 17.2. The minimum absolute atomic E-state index is 0.389. The first kappa shape index (κ1) is 15.3. The second kappa shape index (κ2) is 7.60. The van der Waals surface area contributed by atoms with E-state index in [1.165, 1.54) is 50.8 Å². The summed E-state index contributed by atoms with van der Waals surface area (Å²) in [5.41, 5.74) is 7.79. The molecule has 0 aromatic heterocycles. The highest BCUT2D eigenvalue weighted by atomic mass is 32.1. The minimum Gasteiger partial charge on any atom is -0.496 e. The van der Waals surface area contributed by atoms with Gasteiger partial charge in [0.15, 0.2) is 0 Å². The first-order chi connectivity index (χ1) is 9.70. The van der Waals surface area contributed by atoms with Gasteiger partial charge in [0.1, 0.15) is 10.7 Å². The van der Waals surface area contributed by atoms with Gasteiger partial charge in [0.25, 0.3) is 0 Å². The Balaban J connectivity index is 2.06. The third-order valence-corrected chi connectivity index (χ3v) is 4.11. The average molecular weight is 292 g/mol. The van der Waals surface area contributed by atoms with Crippen molar-refractivity contribution in [3.8, 4) is 5.75 Å². The number of hydrogen-bond donors (Lipinski definition) is 1. The molecule has 0 aliphatic carbocycles. The van der Waals surface area contributed by atoms with Crippen molar-refractivity contribution in [2.75, 3.05) is 20.2 Å². The van der Waals surface area contributed by atoms with Gasteiger partial charge >= 0.3 is 0 Å². The summed E-state index contributed by atoms with van der Waals surface area (Å²) < 4.78 is 5.40. The predicted octanol–water partition coefficient (Wildman–Crippen LogP) is 3.10. The Bertz CT molecular complexity index is 454. The van der Waals surface area contributed by atoms with Crippen molar-refractivity contribution in [2.24, 2.45) is 5.73 Å². The van der Waals surface area contributed by atoms with Crippen LogP contribution in [0.3, 0.4) is 0 Å². The zero-order valence-electron chi connectivity index (χ0n) is 12.2. The lowest BCUT2D eigenvalue weighted by atomic mass is 10.1. The Hall–Kier alpha value is -1.13. The smallest absolute Gasteiger partial charge is 0.129 e. The monoisotopic (exact) mass is 292 g/mol. The molecular weight excluding hydrogens is 268 g/mol. The van der Waals surface area contributed by atoms with Gasteiger partial charge in [-0.25, -0.2) is 0 Å². The standard InChI is InChI=1S/C16H24N2OS/c1-19-15-11-13(7-8-14(15)16(17)20)12-18-9-5-3-2-4-6-10-18/h7-8,11H,2-6,9-10,12H2,1H3,(H2,17,20). The van der Waals surface area contributed by atoms with Gasteiger partial charge in [-0.2, -0.15) is 0 Å². The molecule has 1 aliphatic heterocycles. The van der Waals surface area contributed by atoms with Gasteiger partial charge in [0.2, 0.25) is 0 Å². The topological polar surface area (TPSA) is 38.5 Å². The predicted molar refractivity (Wildman–Crippen MR) is 87.2 cm³/mol. The second-order valence-electron chi connectivity index (χ2n) is 5.44. The number of benzene rings is 1. The SMILES string of the molecule is COc1cc(CN2CCCCCCC2)ccc1C(N)=S. The van der Waals surface area contributed by atoms with Crippen LogP contribution in [0.25, 0.3) is 0 Å². The third kappa shape index (κ3) is 4.18. The van der Waals surface area contributed by atoms with Crippen molar-refractivity contribution in [2.45, 2.75) is 38.6 Å². The van der Waals surface area contributed by atoms with E-state index in [-0.39, 0.29) is 0 Å². The van der Waals surface area contributed by atoms with Crippen molar-refractivity contribution in [3.05, 3.63) is 29.3 Å². The Morgan fingerprint density at radius 3 is 2.45 bits per heavy atom. The molecule has 1 saturated heterocycles. The first-order valence-corrected chi connectivity index (χ1v) is 7.80. The molecule has 0 atom stereocenters. The maximum Gasteiger partial charge on any atom is 0.129 e. The molecule has 1 fully saturated rings. The van der Waals surface area contributed by atoms with Crippen LogP contribution in [0.2, 0.25) is 0 Å². The molecule has 110 valence electrons. The van der Waals surface area contributed by atoms with Crippen molar-refractivity contribution >= 4 is 17.2 Å². The molecule has 0 spiro atoms. The number of methoxy groups -OCH3 is 1. The molecule has 1 aromatic carbocycles. The lowest BCUT2D eigenvalue weighted by Crippen LogP contribution is -2.27. The molecule has 1 aromatic rings. The van der Waals surface area contributed by atoms with Crippen molar-refractivity contribution in [1.82, 2.24) is 4.90 Å². The Kier molecular flexibility index (Phi) is 5.80. The molecule has 0 bridgehead atoms. The third-order valence-electron chi connectivity index (χ3n) is 3.89. The van der Waals surface area contributed by atoms with Crippen LogP contribution in [0.4, 0.5) is 0 Å². The van der Waals surface area contributed by atoms with Gasteiger partial charge in [-0.3, -0.25) is 4.90 Å². The Morgan fingerprint density at radius 1 is 1.20 bits per heavy atom. The van der Waals surface area contributed by atoms with Gasteiger partial charge in [-0.05, 0) is 43.6 Å². The summed E-state index contributed by atoms with van der Waals surface area (Å²) >= 11 is 5.04. The van der Waals surface area contributed by atoms with E-state index in [0.29, 0.717) is 4.99 Å². The maximum atomic E-state index is 5.70. The number of ether oxygens (including phenoxy) is 1. The summed E-state index contributed by atoms with van der Waals surface area (Å²) in [5, 5.41) is 0. The average Bonchev–Trinajstić information content (AvgIpc) is 2.41. The highest BCUT2D eigenvalue weighted by Crippen LogP contribution is 2.22. The molecule has 0 unspecified atom stereocenters. The van der Waals surface area contributed by atoms with Crippen LogP contribution >= 0.6 is 12.2 Å². The summed E-state index contributed by atoms with van der Waals surface area (Å²) in [5.74, 6) is 0.780. The summed E-state index contributed by atoms with van der Waals surface area (Å²) in [4.78, 5) is 2.92. The maximum absolute atomic E-state index is 5.70. The van der Waals surface area contributed by atoms with E-state index >= 15 is 0 Å². The molecule has 0 amide bonds. The molecular formula is C16H24N2OS. The Morgan fingerprint density at radius 2 is 1.85 bits per heavy atom. The highest BCUT2D eigenvalue weighted by molar-refractivity contribution is 7.80. The number of hydrogen-bond acceptors (Lipinski definition) is 3. The van der Waals surface area contributed by atoms with Crippen LogP contribution in [0.15, 0.2) is 18.2 Å². The van der Waals surface area contributed by atoms with E-state index in [9.17, 15) is 0 Å². The van der Waals surface area contributed by atoms with Crippen molar-refractivity contribution in [1.29, 1.82) is 0 Å². The number of thiocarbonyl (C=S) groups is 1. The van der Waals surface area contributed by atoms with Crippen LogP contribution in [-0.2, 0) is 6.54 Å². The Labute approximate surface area is 127 Å². The van der Waals surface area contributed by atoms with E-state index < -0.39 is 0 Å². The fraction of sp³-hybridized carbons (Fsp3) is 0.562.